The maximum Gasteiger partial charge on any atom is 0.326 e. The third-order valence-corrected chi connectivity index (χ3v) is 7.84. The Morgan fingerprint density at radius 2 is 1.54 bits per heavy atom. The summed E-state index contributed by atoms with van der Waals surface area (Å²) >= 11 is 0. The molecule has 1 aromatic heterocycles. The minimum absolute atomic E-state index is 0.0699. The predicted molar refractivity (Wildman–Crippen MR) is 134 cm³/mol. The number of nitrogens with zero attached hydrogens (tertiary/aromatic N) is 3. The molecule has 37 heavy (non-hydrogen) atoms. The van der Waals surface area contributed by atoms with Crippen LogP contribution in [-0.4, -0.2) is 37.5 Å². The molecule has 1 N–H and O–H groups in total. The van der Waals surface area contributed by atoms with E-state index in [4.69, 9.17) is 0 Å². The number of amides is 1. The van der Waals surface area contributed by atoms with Crippen LogP contribution < -0.4 is 0 Å². The molecule has 2 aromatic carbocycles. The second-order valence-corrected chi connectivity index (χ2v) is 10.2. The highest BCUT2D eigenvalue weighted by Crippen LogP contribution is 2.33. The van der Waals surface area contributed by atoms with Gasteiger partial charge < -0.3 is 14.6 Å². The second kappa shape index (κ2) is 10.8. The summed E-state index contributed by atoms with van der Waals surface area (Å²) in [4.78, 5) is 32.3. The average Bonchev–Trinajstić information content (AvgIpc) is 3.31. The van der Waals surface area contributed by atoms with Crippen LogP contribution in [0.15, 0.2) is 54.9 Å². The molecule has 1 atom stereocenters. The molecule has 0 spiro atoms. The number of carboxylic acids is 1. The summed E-state index contributed by atoms with van der Waals surface area (Å²) in [6.45, 7) is 0.863. The van der Waals surface area contributed by atoms with Crippen LogP contribution in [0.25, 0.3) is 0 Å². The number of aliphatic carboxylic acids is 1. The van der Waals surface area contributed by atoms with Gasteiger partial charge in [0.15, 0.2) is 0 Å². The lowest BCUT2D eigenvalue weighted by Crippen LogP contribution is -2.50. The van der Waals surface area contributed by atoms with Gasteiger partial charge in [-0.1, -0.05) is 56.4 Å². The van der Waals surface area contributed by atoms with Crippen molar-refractivity contribution in [1.82, 2.24) is 14.5 Å². The van der Waals surface area contributed by atoms with Gasteiger partial charge in [-0.05, 0) is 47.7 Å². The van der Waals surface area contributed by atoms with E-state index in [0.29, 0.717) is 22.7 Å². The normalized spacial score (nSPS) is 18.1. The van der Waals surface area contributed by atoms with E-state index >= 15 is 0 Å². The van der Waals surface area contributed by atoms with Gasteiger partial charge in [0.25, 0.3) is 0 Å². The number of halogens is 2. The second-order valence-electron chi connectivity index (χ2n) is 10.2. The SMILES string of the molecule is O=C(O)[C@@H]1Cc2c(ncn2CCC2CCCCC2)CN1C(=O)C(c1ccc(F)cc1)c1ccc(F)cc1. The minimum atomic E-state index is -1.09. The number of hydrogen-bond acceptors (Lipinski definition) is 3. The van der Waals surface area contributed by atoms with Crippen LogP contribution in [0.5, 0.6) is 0 Å². The lowest BCUT2D eigenvalue weighted by molar-refractivity contribution is -0.151. The van der Waals surface area contributed by atoms with Gasteiger partial charge in [0, 0.05) is 18.7 Å². The lowest BCUT2D eigenvalue weighted by atomic mass is 9.87. The zero-order chi connectivity index (χ0) is 25.9. The van der Waals surface area contributed by atoms with E-state index in [-0.39, 0.29) is 13.0 Å². The first-order chi connectivity index (χ1) is 17.9. The van der Waals surface area contributed by atoms with Crippen molar-refractivity contribution < 1.29 is 23.5 Å². The number of aryl methyl sites for hydroxylation is 1. The molecule has 0 unspecified atom stereocenters. The van der Waals surface area contributed by atoms with Crippen LogP contribution in [0.1, 0.15) is 67.0 Å². The highest BCUT2D eigenvalue weighted by Gasteiger charge is 2.40. The zero-order valence-corrected chi connectivity index (χ0v) is 20.7. The van der Waals surface area contributed by atoms with E-state index < -0.39 is 35.5 Å². The zero-order valence-electron chi connectivity index (χ0n) is 20.7. The smallest absolute Gasteiger partial charge is 0.326 e. The van der Waals surface area contributed by atoms with Crippen molar-refractivity contribution >= 4 is 11.9 Å². The molecule has 0 saturated heterocycles. The summed E-state index contributed by atoms with van der Waals surface area (Å²) in [5.74, 6) is -2.63. The third-order valence-electron chi connectivity index (χ3n) is 7.84. The summed E-state index contributed by atoms with van der Waals surface area (Å²) in [5, 5.41) is 10.1. The summed E-state index contributed by atoms with van der Waals surface area (Å²) in [6, 6.07) is 10.0. The van der Waals surface area contributed by atoms with Gasteiger partial charge in [0.1, 0.15) is 17.7 Å². The van der Waals surface area contributed by atoms with E-state index in [2.05, 4.69) is 9.55 Å². The molecule has 2 aliphatic rings. The Morgan fingerprint density at radius 3 is 2.11 bits per heavy atom. The molecule has 3 aromatic rings. The average molecular weight is 508 g/mol. The highest BCUT2D eigenvalue weighted by atomic mass is 19.1. The summed E-state index contributed by atoms with van der Waals surface area (Å²) < 4.78 is 29.3. The Kier molecular flexibility index (Phi) is 7.35. The number of benzene rings is 2. The molecule has 1 aliphatic carbocycles. The molecular weight excluding hydrogens is 476 g/mol. The molecular formula is C29H31F2N3O3. The molecule has 0 bridgehead atoms. The standard InChI is InChI=1S/C29H31F2N3O3/c30-22-10-6-20(7-11-22)27(21-8-12-23(31)13-9-21)28(35)34-17-24-25(16-26(34)29(36)37)33(18-32-24)15-14-19-4-2-1-3-5-19/h6-13,18-19,26-27H,1-5,14-17H2,(H,36,37)/t26-/m0/s1. The van der Waals surface area contributed by atoms with E-state index in [0.717, 1.165) is 18.7 Å². The molecule has 1 fully saturated rings. The maximum atomic E-state index is 14.0. The maximum absolute atomic E-state index is 14.0. The topological polar surface area (TPSA) is 75.4 Å². The molecule has 5 rings (SSSR count). The van der Waals surface area contributed by atoms with Crippen molar-refractivity contribution in [2.45, 2.75) is 70.0 Å². The molecule has 194 valence electrons. The van der Waals surface area contributed by atoms with Gasteiger partial charge in [-0.15, -0.1) is 0 Å². The molecule has 1 amide bonds. The number of aromatic nitrogens is 2. The van der Waals surface area contributed by atoms with E-state index in [1.165, 1.54) is 85.5 Å². The first-order valence-electron chi connectivity index (χ1n) is 13.0. The lowest BCUT2D eigenvalue weighted by Gasteiger charge is -2.36. The summed E-state index contributed by atoms with van der Waals surface area (Å²) in [7, 11) is 0. The van der Waals surface area contributed by atoms with Crippen molar-refractivity contribution in [3.63, 3.8) is 0 Å². The molecule has 0 radical (unpaired) electrons. The Labute approximate surface area is 214 Å². The van der Waals surface area contributed by atoms with Crippen LogP contribution in [-0.2, 0) is 29.1 Å². The number of imidazole rings is 1. The Morgan fingerprint density at radius 1 is 0.946 bits per heavy atom. The van der Waals surface area contributed by atoms with E-state index in [1.807, 2.05) is 0 Å². The fraction of sp³-hybridized carbons (Fsp3) is 0.414. The Bertz CT molecular complexity index is 1200. The molecule has 6 nitrogen and oxygen atoms in total. The third kappa shape index (κ3) is 5.43. The first-order valence-corrected chi connectivity index (χ1v) is 13.0. The number of carbonyl (C=O) groups is 2. The molecule has 2 heterocycles. The van der Waals surface area contributed by atoms with Crippen molar-refractivity contribution in [2.75, 3.05) is 0 Å². The number of fused-ring (bicyclic) bond motifs is 1. The quantitative estimate of drug-likeness (QED) is 0.471. The Hall–Kier alpha value is -3.55. The minimum Gasteiger partial charge on any atom is -0.480 e. The van der Waals surface area contributed by atoms with Gasteiger partial charge in [0.05, 0.1) is 24.5 Å². The predicted octanol–water partition coefficient (Wildman–Crippen LogP) is 5.30. The molecule has 1 saturated carbocycles. The van der Waals surface area contributed by atoms with Gasteiger partial charge >= 0.3 is 5.97 Å². The van der Waals surface area contributed by atoms with Crippen LogP contribution in [0.4, 0.5) is 8.78 Å². The monoisotopic (exact) mass is 507 g/mol. The van der Waals surface area contributed by atoms with Crippen molar-refractivity contribution in [1.29, 1.82) is 0 Å². The highest BCUT2D eigenvalue weighted by molar-refractivity contribution is 5.91. The van der Waals surface area contributed by atoms with E-state index in [1.54, 1.807) is 6.33 Å². The van der Waals surface area contributed by atoms with E-state index in [9.17, 15) is 23.5 Å². The van der Waals surface area contributed by atoms with Crippen molar-refractivity contribution in [2.24, 2.45) is 5.92 Å². The number of rotatable bonds is 7. The van der Waals surface area contributed by atoms with Gasteiger partial charge in [-0.25, -0.2) is 18.6 Å². The largest absolute Gasteiger partial charge is 0.480 e. The van der Waals surface area contributed by atoms with Gasteiger partial charge in [0.2, 0.25) is 5.91 Å². The van der Waals surface area contributed by atoms with Crippen LogP contribution in [0, 0.1) is 17.6 Å². The fourth-order valence-electron chi connectivity index (χ4n) is 5.78. The van der Waals surface area contributed by atoms with Gasteiger partial charge in [-0.3, -0.25) is 4.79 Å². The first kappa shape index (κ1) is 25.1. The summed E-state index contributed by atoms with van der Waals surface area (Å²) in [5.41, 5.74) is 2.58. The summed E-state index contributed by atoms with van der Waals surface area (Å²) in [6.07, 6.45) is 9.30. The Balaban J connectivity index is 1.43. The molecule has 8 heteroatoms. The number of carbonyl (C=O) groups excluding carboxylic acids is 1. The number of hydrogen-bond donors (Lipinski definition) is 1. The fourth-order valence-corrected chi connectivity index (χ4v) is 5.78. The van der Waals surface area contributed by atoms with Crippen LogP contribution in [0.2, 0.25) is 0 Å². The number of carboxylic acid groups (broad SMARTS) is 1. The van der Waals surface area contributed by atoms with Gasteiger partial charge in [-0.2, -0.15) is 0 Å². The molecule has 1 aliphatic heterocycles. The van der Waals surface area contributed by atoms with Crippen LogP contribution in [0.3, 0.4) is 0 Å². The van der Waals surface area contributed by atoms with Crippen LogP contribution >= 0.6 is 0 Å². The van der Waals surface area contributed by atoms with Crippen molar-refractivity contribution in [3.05, 3.63) is 89.0 Å². The van der Waals surface area contributed by atoms with Crippen molar-refractivity contribution in [3.8, 4) is 0 Å².